The van der Waals surface area contributed by atoms with Crippen molar-refractivity contribution in [2.75, 3.05) is 6.54 Å². The molecule has 0 aromatic carbocycles. The van der Waals surface area contributed by atoms with Crippen molar-refractivity contribution in [3.05, 3.63) is 12.2 Å². The molecular weight excluding hydrogens is 158 g/mol. The molecule has 0 aromatic heterocycles. The molecule has 0 spiro atoms. The van der Waals surface area contributed by atoms with E-state index in [1.807, 2.05) is 0 Å². The van der Waals surface area contributed by atoms with Gasteiger partial charge >= 0.3 is 0 Å². The first-order chi connectivity index (χ1) is 6.45. The Labute approximate surface area is 81.6 Å². The predicted octanol–water partition coefficient (Wildman–Crippen LogP) is 2.87. The number of allylic oxidation sites excluding steroid dienone is 1. The lowest BCUT2D eigenvalue weighted by Gasteiger charge is -2.20. The molecule has 0 bridgehead atoms. The van der Waals surface area contributed by atoms with Gasteiger partial charge in [-0.3, -0.25) is 0 Å². The van der Waals surface area contributed by atoms with Gasteiger partial charge in [0.15, 0.2) is 0 Å². The molecule has 1 saturated heterocycles. The Morgan fingerprint density at radius 3 is 2.31 bits per heavy atom. The number of piperidine rings is 1. The molecule has 1 aliphatic carbocycles. The van der Waals surface area contributed by atoms with Gasteiger partial charge in [-0.2, -0.15) is 0 Å². The molecule has 1 heterocycles. The van der Waals surface area contributed by atoms with E-state index in [1.54, 1.807) is 0 Å². The van der Waals surface area contributed by atoms with Crippen molar-refractivity contribution < 1.29 is 0 Å². The molecule has 1 aliphatic heterocycles. The van der Waals surface area contributed by atoms with Crippen molar-refractivity contribution in [3.63, 3.8) is 0 Å². The van der Waals surface area contributed by atoms with Crippen molar-refractivity contribution in [2.45, 2.75) is 51.0 Å². The Hall–Kier alpha value is -0.300. The summed E-state index contributed by atoms with van der Waals surface area (Å²) in [6, 6.07) is 0.689. The van der Waals surface area contributed by atoms with Gasteiger partial charge in [-0.1, -0.05) is 31.4 Å². The zero-order chi connectivity index (χ0) is 8.93. The molecule has 2 fully saturated rings. The molecule has 2 rings (SSSR count). The maximum Gasteiger partial charge on any atom is 0.0250 e. The molecule has 0 radical (unpaired) electrons. The van der Waals surface area contributed by atoms with Gasteiger partial charge in [-0.25, -0.2) is 0 Å². The molecule has 1 unspecified atom stereocenters. The van der Waals surface area contributed by atoms with E-state index in [1.165, 1.54) is 51.5 Å². The van der Waals surface area contributed by atoms with E-state index >= 15 is 0 Å². The van der Waals surface area contributed by atoms with Gasteiger partial charge in [0.05, 0.1) is 0 Å². The quantitative estimate of drug-likeness (QED) is 0.643. The molecule has 0 aromatic rings. The van der Waals surface area contributed by atoms with Crippen LogP contribution in [0.15, 0.2) is 12.2 Å². The molecule has 1 heteroatoms. The number of hydrogen-bond acceptors (Lipinski definition) is 1. The van der Waals surface area contributed by atoms with Gasteiger partial charge in [0.1, 0.15) is 0 Å². The van der Waals surface area contributed by atoms with E-state index < -0.39 is 0 Å². The van der Waals surface area contributed by atoms with Crippen LogP contribution in [0.1, 0.15) is 44.9 Å². The monoisotopic (exact) mass is 179 g/mol. The topological polar surface area (TPSA) is 12.0 Å². The lowest BCUT2D eigenvalue weighted by atomic mass is 10.0. The second-order valence-corrected chi connectivity index (χ2v) is 4.49. The van der Waals surface area contributed by atoms with E-state index in [-0.39, 0.29) is 0 Å². The molecule has 1 nitrogen and oxygen atoms in total. The Morgan fingerprint density at radius 2 is 1.62 bits per heavy atom. The maximum absolute atomic E-state index is 3.56. The highest BCUT2D eigenvalue weighted by Crippen LogP contribution is 2.26. The summed E-state index contributed by atoms with van der Waals surface area (Å²) in [5.41, 5.74) is 0. The second-order valence-electron chi connectivity index (χ2n) is 4.49. The Morgan fingerprint density at radius 1 is 0.846 bits per heavy atom. The van der Waals surface area contributed by atoms with Gasteiger partial charge in [0.25, 0.3) is 0 Å². The highest BCUT2D eigenvalue weighted by atomic mass is 14.9. The summed E-state index contributed by atoms with van der Waals surface area (Å²) in [5.74, 6) is 0.906. The van der Waals surface area contributed by atoms with Crippen LogP contribution in [0, 0.1) is 5.92 Å². The molecule has 1 atom stereocenters. The van der Waals surface area contributed by atoms with Crippen molar-refractivity contribution in [1.29, 1.82) is 0 Å². The Kier molecular flexibility index (Phi) is 3.42. The van der Waals surface area contributed by atoms with Gasteiger partial charge in [0, 0.05) is 6.04 Å². The standard InChI is InChI=1S/C12H21N/c1-2-6-11(5-1)8-9-12-7-3-4-10-13-12/h8-9,11-13H,1-7,10H2/b9-8+. The maximum atomic E-state index is 3.56. The minimum absolute atomic E-state index is 0.689. The number of hydrogen-bond donors (Lipinski definition) is 1. The van der Waals surface area contributed by atoms with Crippen LogP contribution >= 0.6 is 0 Å². The summed E-state index contributed by atoms with van der Waals surface area (Å²) in [7, 11) is 0. The van der Waals surface area contributed by atoms with E-state index in [0.29, 0.717) is 6.04 Å². The van der Waals surface area contributed by atoms with Gasteiger partial charge in [0.2, 0.25) is 0 Å². The fourth-order valence-electron chi connectivity index (χ4n) is 2.48. The van der Waals surface area contributed by atoms with Crippen LogP contribution in [-0.2, 0) is 0 Å². The third-order valence-corrected chi connectivity index (χ3v) is 3.36. The van der Waals surface area contributed by atoms with Crippen molar-refractivity contribution in [3.8, 4) is 0 Å². The largest absolute Gasteiger partial charge is 0.311 e. The summed E-state index contributed by atoms with van der Waals surface area (Å²) in [6.45, 7) is 1.22. The van der Waals surface area contributed by atoms with Crippen LogP contribution < -0.4 is 5.32 Å². The summed E-state index contributed by atoms with van der Waals surface area (Å²) >= 11 is 0. The van der Waals surface area contributed by atoms with Gasteiger partial charge in [-0.15, -0.1) is 0 Å². The SMILES string of the molecule is C(=C\C1CCCCN1)/C1CCCC1. The summed E-state index contributed by atoms with van der Waals surface area (Å²) in [6.07, 6.45) is 14.8. The van der Waals surface area contributed by atoms with E-state index in [4.69, 9.17) is 0 Å². The van der Waals surface area contributed by atoms with Crippen molar-refractivity contribution >= 4 is 0 Å². The highest BCUT2D eigenvalue weighted by Gasteiger charge is 2.13. The number of rotatable bonds is 2. The Bertz CT molecular complexity index is 162. The van der Waals surface area contributed by atoms with Crippen LogP contribution in [0.2, 0.25) is 0 Å². The summed E-state index contributed by atoms with van der Waals surface area (Å²) < 4.78 is 0. The second kappa shape index (κ2) is 4.80. The molecule has 1 N–H and O–H groups in total. The number of nitrogens with one attached hydrogen (secondary N) is 1. The van der Waals surface area contributed by atoms with Crippen molar-refractivity contribution in [2.24, 2.45) is 5.92 Å². The first kappa shape index (κ1) is 9.26. The van der Waals surface area contributed by atoms with Crippen LogP contribution in [0.3, 0.4) is 0 Å². The molecule has 74 valence electrons. The van der Waals surface area contributed by atoms with Crippen molar-refractivity contribution in [1.82, 2.24) is 5.32 Å². The average molecular weight is 179 g/mol. The zero-order valence-electron chi connectivity index (χ0n) is 8.47. The van der Waals surface area contributed by atoms with E-state index in [0.717, 1.165) is 5.92 Å². The molecule has 0 amide bonds. The first-order valence-electron chi connectivity index (χ1n) is 5.87. The van der Waals surface area contributed by atoms with Crippen LogP contribution in [0.25, 0.3) is 0 Å². The van der Waals surface area contributed by atoms with Crippen LogP contribution in [-0.4, -0.2) is 12.6 Å². The zero-order valence-corrected chi connectivity index (χ0v) is 8.47. The smallest absolute Gasteiger partial charge is 0.0250 e. The fraction of sp³-hybridized carbons (Fsp3) is 0.833. The molecule has 13 heavy (non-hydrogen) atoms. The average Bonchev–Trinajstić information content (AvgIpc) is 2.69. The highest BCUT2D eigenvalue weighted by molar-refractivity contribution is 4.98. The van der Waals surface area contributed by atoms with E-state index in [2.05, 4.69) is 17.5 Å². The fourth-order valence-corrected chi connectivity index (χ4v) is 2.48. The van der Waals surface area contributed by atoms with Gasteiger partial charge in [-0.05, 0) is 38.1 Å². The predicted molar refractivity (Wildman–Crippen MR) is 56.7 cm³/mol. The Balaban J connectivity index is 1.74. The molecule has 1 saturated carbocycles. The lowest BCUT2D eigenvalue weighted by Crippen LogP contribution is -2.32. The van der Waals surface area contributed by atoms with E-state index in [9.17, 15) is 0 Å². The third kappa shape index (κ3) is 2.84. The van der Waals surface area contributed by atoms with Crippen LogP contribution in [0.4, 0.5) is 0 Å². The molecule has 2 aliphatic rings. The first-order valence-corrected chi connectivity index (χ1v) is 5.87. The minimum atomic E-state index is 0.689. The lowest BCUT2D eigenvalue weighted by molar-refractivity contribution is 0.452. The summed E-state index contributed by atoms with van der Waals surface area (Å²) in [5, 5.41) is 3.56. The third-order valence-electron chi connectivity index (χ3n) is 3.36. The minimum Gasteiger partial charge on any atom is -0.311 e. The normalized spacial score (nSPS) is 31.5. The van der Waals surface area contributed by atoms with Gasteiger partial charge < -0.3 is 5.32 Å². The summed E-state index contributed by atoms with van der Waals surface area (Å²) in [4.78, 5) is 0. The molecular formula is C12H21N. The van der Waals surface area contributed by atoms with Crippen LogP contribution in [0.5, 0.6) is 0 Å².